The van der Waals surface area contributed by atoms with Gasteiger partial charge in [0.25, 0.3) is 0 Å². The molecule has 0 bridgehead atoms. The lowest BCUT2D eigenvalue weighted by Crippen LogP contribution is -2.48. The van der Waals surface area contributed by atoms with E-state index in [2.05, 4.69) is 24.1 Å². The van der Waals surface area contributed by atoms with Gasteiger partial charge in [0.05, 0.1) is 0 Å². The number of rotatable bonds is 5. The summed E-state index contributed by atoms with van der Waals surface area (Å²) in [5, 5.41) is 3.74. The van der Waals surface area contributed by atoms with Gasteiger partial charge in [0.15, 0.2) is 0 Å². The van der Waals surface area contributed by atoms with Gasteiger partial charge in [-0.25, -0.2) is 0 Å². The Hall–Kier alpha value is -0.0800. The van der Waals surface area contributed by atoms with Crippen LogP contribution < -0.4 is 5.32 Å². The van der Waals surface area contributed by atoms with Crippen molar-refractivity contribution in [3.63, 3.8) is 0 Å². The molecule has 0 aromatic heterocycles. The fourth-order valence-electron chi connectivity index (χ4n) is 2.76. The zero-order chi connectivity index (χ0) is 10.7. The molecule has 1 aliphatic carbocycles. The summed E-state index contributed by atoms with van der Waals surface area (Å²) in [7, 11) is 0. The van der Waals surface area contributed by atoms with Crippen LogP contribution in [0.2, 0.25) is 0 Å². The summed E-state index contributed by atoms with van der Waals surface area (Å²) in [4.78, 5) is 2.69. The van der Waals surface area contributed by atoms with Crippen molar-refractivity contribution in [2.24, 2.45) is 5.92 Å². The molecule has 2 aliphatic rings. The van der Waals surface area contributed by atoms with E-state index in [0.29, 0.717) is 0 Å². The lowest BCUT2D eigenvalue weighted by atomic mass is 9.92. The van der Waals surface area contributed by atoms with Gasteiger partial charge >= 0.3 is 0 Å². The second kappa shape index (κ2) is 5.31. The summed E-state index contributed by atoms with van der Waals surface area (Å²) in [5.74, 6) is 0.788. The van der Waals surface area contributed by atoms with Crippen molar-refractivity contribution >= 4 is 0 Å². The van der Waals surface area contributed by atoms with E-state index in [1.807, 2.05) is 0 Å². The van der Waals surface area contributed by atoms with Crippen molar-refractivity contribution in [2.45, 2.75) is 58.0 Å². The van der Waals surface area contributed by atoms with Crippen LogP contribution >= 0.6 is 0 Å². The number of likely N-dealkylation sites (tertiary alicyclic amines) is 1. The molecule has 0 spiro atoms. The van der Waals surface area contributed by atoms with Gasteiger partial charge in [0.1, 0.15) is 0 Å². The first kappa shape index (κ1) is 11.4. The maximum absolute atomic E-state index is 3.74. The highest BCUT2D eigenvalue weighted by molar-refractivity contribution is 4.84. The van der Waals surface area contributed by atoms with Crippen LogP contribution in [0.1, 0.15) is 46.0 Å². The minimum Gasteiger partial charge on any atom is -0.312 e. The van der Waals surface area contributed by atoms with Gasteiger partial charge in [-0.3, -0.25) is 4.90 Å². The highest BCUT2D eigenvalue weighted by atomic mass is 15.2. The Kier molecular flexibility index (Phi) is 4.04. The first-order valence-corrected chi connectivity index (χ1v) is 6.75. The maximum Gasteiger partial charge on any atom is 0.0243 e. The Bertz CT molecular complexity index is 181. The van der Waals surface area contributed by atoms with Crippen LogP contribution in [0.4, 0.5) is 0 Å². The Morgan fingerprint density at radius 2 is 1.80 bits per heavy atom. The fraction of sp³-hybridized carbons (Fsp3) is 1.00. The van der Waals surface area contributed by atoms with Crippen molar-refractivity contribution in [3.8, 4) is 0 Å². The first-order chi connectivity index (χ1) is 7.27. The third-order valence-electron chi connectivity index (χ3n) is 4.10. The Labute approximate surface area is 94.4 Å². The van der Waals surface area contributed by atoms with Crippen molar-refractivity contribution in [3.05, 3.63) is 0 Å². The van der Waals surface area contributed by atoms with Crippen LogP contribution in [-0.4, -0.2) is 36.6 Å². The molecule has 0 amide bonds. The van der Waals surface area contributed by atoms with Crippen LogP contribution in [0, 0.1) is 5.92 Å². The lowest BCUT2D eigenvalue weighted by Gasteiger charge is -2.34. The molecule has 0 aromatic rings. The molecule has 0 radical (unpaired) electrons. The van der Waals surface area contributed by atoms with Gasteiger partial charge in [-0.05, 0) is 44.7 Å². The van der Waals surface area contributed by atoms with Crippen LogP contribution in [0.15, 0.2) is 0 Å². The van der Waals surface area contributed by atoms with Crippen LogP contribution in [0.25, 0.3) is 0 Å². The molecule has 0 aromatic carbocycles. The molecule has 1 N–H and O–H groups in total. The van der Waals surface area contributed by atoms with Crippen molar-refractivity contribution in [1.82, 2.24) is 10.2 Å². The van der Waals surface area contributed by atoms with E-state index in [1.54, 1.807) is 0 Å². The SMILES string of the molecule is CC(C)C(CNC1CCC1)N1CCCC1. The normalized spacial score (nSPS) is 25.8. The van der Waals surface area contributed by atoms with E-state index in [9.17, 15) is 0 Å². The van der Waals surface area contributed by atoms with Gasteiger partial charge in [-0.1, -0.05) is 20.3 Å². The number of nitrogens with one attached hydrogen (secondary N) is 1. The zero-order valence-electron chi connectivity index (χ0n) is 10.3. The van der Waals surface area contributed by atoms with Gasteiger partial charge in [0.2, 0.25) is 0 Å². The topological polar surface area (TPSA) is 15.3 Å². The van der Waals surface area contributed by atoms with Crippen LogP contribution in [0.3, 0.4) is 0 Å². The number of nitrogens with zero attached hydrogens (tertiary/aromatic N) is 1. The van der Waals surface area contributed by atoms with E-state index in [-0.39, 0.29) is 0 Å². The number of hydrogen-bond acceptors (Lipinski definition) is 2. The molecule has 1 unspecified atom stereocenters. The molecule has 1 saturated carbocycles. The third-order valence-corrected chi connectivity index (χ3v) is 4.10. The molecule has 88 valence electrons. The van der Waals surface area contributed by atoms with Crippen LogP contribution in [0.5, 0.6) is 0 Å². The summed E-state index contributed by atoms with van der Waals surface area (Å²) in [6.07, 6.45) is 7.07. The molecular formula is C13H26N2. The lowest BCUT2D eigenvalue weighted by molar-refractivity contribution is 0.173. The van der Waals surface area contributed by atoms with Crippen LogP contribution in [-0.2, 0) is 0 Å². The molecule has 1 aliphatic heterocycles. The van der Waals surface area contributed by atoms with Gasteiger partial charge in [-0.2, -0.15) is 0 Å². The van der Waals surface area contributed by atoms with E-state index in [1.165, 1.54) is 51.7 Å². The summed E-state index contributed by atoms with van der Waals surface area (Å²) in [6.45, 7) is 8.60. The van der Waals surface area contributed by atoms with E-state index in [4.69, 9.17) is 0 Å². The quantitative estimate of drug-likeness (QED) is 0.749. The molecule has 15 heavy (non-hydrogen) atoms. The van der Waals surface area contributed by atoms with E-state index >= 15 is 0 Å². The van der Waals surface area contributed by atoms with Crippen molar-refractivity contribution in [2.75, 3.05) is 19.6 Å². The standard InChI is InChI=1S/C13H26N2/c1-11(2)13(15-8-3-4-9-15)10-14-12-6-5-7-12/h11-14H,3-10H2,1-2H3. The van der Waals surface area contributed by atoms with Gasteiger partial charge in [-0.15, -0.1) is 0 Å². The monoisotopic (exact) mass is 210 g/mol. The van der Waals surface area contributed by atoms with E-state index < -0.39 is 0 Å². The van der Waals surface area contributed by atoms with Gasteiger partial charge < -0.3 is 5.32 Å². The predicted octanol–water partition coefficient (Wildman–Crippen LogP) is 2.25. The number of hydrogen-bond donors (Lipinski definition) is 1. The summed E-state index contributed by atoms with van der Waals surface area (Å²) < 4.78 is 0. The van der Waals surface area contributed by atoms with Gasteiger partial charge in [0, 0.05) is 18.6 Å². The minimum absolute atomic E-state index is 0.771. The zero-order valence-corrected chi connectivity index (χ0v) is 10.3. The molecule has 1 atom stereocenters. The maximum atomic E-state index is 3.74. The molecule has 1 saturated heterocycles. The third kappa shape index (κ3) is 2.94. The summed E-state index contributed by atoms with van der Waals surface area (Å²) in [6, 6.07) is 1.61. The molecule has 2 rings (SSSR count). The average molecular weight is 210 g/mol. The second-order valence-corrected chi connectivity index (χ2v) is 5.59. The molecular weight excluding hydrogens is 184 g/mol. The smallest absolute Gasteiger partial charge is 0.0243 e. The highest BCUT2D eigenvalue weighted by Gasteiger charge is 2.26. The largest absolute Gasteiger partial charge is 0.312 e. The average Bonchev–Trinajstić information content (AvgIpc) is 2.61. The summed E-state index contributed by atoms with van der Waals surface area (Å²) in [5.41, 5.74) is 0. The molecule has 1 heterocycles. The van der Waals surface area contributed by atoms with E-state index in [0.717, 1.165) is 18.0 Å². The molecule has 2 heteroatoms. The highest BCUT2D eigenvalue weighted by Crippen LogP contribution is 2.20. The fourth-order valence-corrected chi connectivity index (χ4v) is 2.76. The molecule has 2 fully saturated rings. The Morgan fingerprint density at radius 1 is 1.13 bits per heavy atom. The Morgan fingerprint density at radius 3 is 2.27 bits per heavy atom. The van der Waals surface area contributed by atoms with Crippen molar-refractivity contribution < 1.29 is 0 Å². The first-order valence-electron chi connectivity index (χ1n) is 6.75. The molecule has 2 nitrogen and oxygen atoms in total. The summed E-state index contributed by atoms with van der Waals surface area (Å²) >= 11 is 0. The second-order valence-electron chi connectivity index (χ2n) is 5.59. The van der Waals surface area contributed by atoms with Crippen molar-refractivity contribution in [1.29, 1.82) is 0 Å². The minimum atomic E-state index is 0.771. The predicted molar refractivity (Wildman–Crippen MR) is 65.1 cm³/mol. The Balaban J connectivity index is 1.76.